The number of fused-ring (bicyclic) bond motifs is 1. The summed E-state index contributed by atoms with van der Waals surface area (Å²) in [5.74, 6) is -1.25. The second-order valence-electron chi connectivity index (χ2n) is 6.26. The number of carboxylic acids is 1. The van der Waals surface area contributed by atoms with E-state index in [4.69, 9.17) is 20.3 Å². The first-order chi connectivity index (χ1) is 13.7. The lowest BCUT2D eigenvalue weighted by atomic mass is 9.92. The maximum Gasteiger partial charge on any atom is 0.509 e. The van der Waals surface area contributed by atoms with Crippen molar-refractivity contribution < 1.29 is 39.1 Å². The maximum atomic E-state index is 11.6. The molecule has 5 atom stereocenters. The summed E-state index contributed by atoms with van der Waals surface area (Å²) in [5.41, 5.74) is 4.16. The molecule has 1 fully saturated rings. The molecule has 0 bridgehead atoms. The molecule has 5 N–H and O–H groups in total. The summed E-state index contributed by atoms with van der Waals surface area (Å²) in [6.45, 7) is 0.521. The molecule has 0 aromatic carbocycles. The lowest BCUT2D eigenvalue weighted by Gasteiger charge is -2.24. The van der Waals surface area contributed by atoms with Crippen LogP contribution in [0.25, 0.3) is 5.52 Å². The van der Waals surface area contributed by atoms with Crippen LogP contribution in [0.5, 0.6) is 0 Å². The zero-order chi connectivity index (χ0) is 21.3. The van der Waals surface area contributed by atoms with Crippen molar-refractivity contribution in [1.82, 2.24) is 14.6 Å². The van der Waals surface area contributed by atoms with E-state index in [1.54, 1.807) is 0 Å². The molecule has 0 spiro atoms. The lowest BCUT2D eigenvalue weighted by molar-refractivity contribution is -0.147. The van der Waals surface area contributed by atoms with Crippen molar-refractivity contribution in [2.45, 2.75) is 36.9 Å². The zero-order valence-electron chi connectivity index (χ0n) is 15.0. The third kappa shape index (κ3) is 3.40. The largest absolute Gasteiger partial charge is 0.509 e. The second-order valence-corrected chi connectivity index (χ2v) is 6.26. The molecule has 1 saturated heterocycles. The summed E-state index contributed by atoms with van der Waals surface area (Å²) in [5, 5.41) is 43.3. The normalized spacial score (nSPS) is 27.3. The molecule has 29 heavy (non-hydrogen) atoms. The van der Waals surface area contributed by atoms with Crippen LogP contribution in [0, 0.1) is 11.3 Å². The van der Waals surface area contributed by atoms with Crippen molar-refractivity contribution >= 4 is 23.5 Å². The van der Waals surface area contributed by atoms with E-state index >= 15 is 0 Å². The number of aliphatic hydroxyl groups is 2. The number of rotatable bonds is 5. The summed E-state index contributed by atoms with van der Waals surface area (Å²) in [4.78, 5) is 26.1. The number of hydrogen-bond donors (Lipinski definition) is 4. The number of aromatic nitrogens is 3. The van der Waals surface area contributed by atoms with E-state index in [1.807, 2.05) is 6.07 Å². The fraction of sp³-hybridized carbons (Fsp3) is 0.438. The van der Waals surface area contributed by atoms with Crippen LogP contribution in [-0.2, 0) is 24.6 Å². The number of nitrogens with zero attached hydrogens (tertiary/aromatic N) is 4. The third-order valence-electron chi connectivity index (χ3n) is 4.47. The van der Waals surface area contributed by atoms with Gasteiger partial charge >= 0.3 is 12.1 Å². The number of carbonyl (C=O) groups excluding carboxylic acids is 1. The van der Waals surface area contributed by atoms with E-state index in [2.05, 4.69) is 14.8 Å². The van der Waals surface area contributed by atoms with Gasteiger partial charge in [-0.3, -0.25) is 0 Å². The van der Waals surface area contributed by atoms with Gasteiger partial charge in [0.2, 0.25) is 5.60 Å². The molecule has 0 radical (unpaired) electrons. The molecule has 1 aliphatic heterocycles. The third-order valence-corrected chi connectivity index (χ3v) is 4.47. The van der Waals surface area contributed by atoms with Crippen LogP contribution in [0.3, 0.4) is 0 Å². The van der Waals surface area contributed by atoms with Crippen LogP contribution in [0.15, 0.2) is 18.5 Å². The van der Waals surface area contributed by atoms with Crippen LogP contribution in [0.4, 0.5) is 10.6 Å². The van der Waals surface area contributed by atoms with E-state index in [0.717, 1.165) is 13.3 Å². The number of nitriles is 1. The fourth-order valence-electron chi connectivity index (χ4n) is 2.93. The number of anilines is 1. The Labute approximate surface area is 162 Å². The molecule has 154 valence electrons. The summed E-state index contributed by atoms with van der Waals surface area (Å²) in [7, 11) is 0. The van der Waals surface area contributed by atoms with Crippen molar-refractivity contribution in [3.05, 3.63) is 24.2 Å². The molecule has 0 amide bonds. The Morgan fingerprint density at radius 1 is 1.48 bits per heavy atom. The SMILES string of the molecule is CC(OC(=O)OC[C@H]1O[C@@](C#N)(c2ccc3c(N)ncnn23)[C@H](O)[C@@H]1O)C(=O)O. The Balaban J connectivity index is 1.81. The Hall–Kier alpha value is -3.47. The van der Waals surface area contributed by atoms with E-state index < -0.39 is 48.7 Å². The second kappa shape index (κ2) is 7.51. The first-order valence-corrected chi connectivity index (χ1v) is 8.31. The van der Waals surface area contributed by atoms with Gasteiger partial charge in [0.15, 0.2) is 11.9 Å². The minimum atomic E-state index is -2.04. The van der Waals surface area contributed by atoms with Crippen molar-refractivity contribution in [1.29, 1.82) is 5.26 Å². The standard InChI is InChI=1S/C16H17N5O8/c1-7(14(24)25)28-15(26)27-4-9-11(22)12(23)16(5-17,29-9)10-3-2-8-13(18)19-6-20-21(8)10/h2-3,6-7,9,11-12,22-23H,4H2,1H3,(H,24,25)(H2,18,19,20)/t7?,9-,11-,12-,16+/m1/s1. The average molecular weight is 407 g/mol. The number of nitrogens with two attached hydrogens (primary N) is 1. The van der Waals surface area contributed by atoms with Crippen molar-refractivity contribution in [3.8, 4) is 6.07 Å². The molecule has 1 unspecified atom stereocenters. The van der Waals surface area contributed by atoms with Gasteiger partial charge in [0.25, 0.3) is 0 Å². The van der Waals surface area contributed by atoms with Crippen molar-refractivity contribution in [3.63, 3.8) is 0 Å². The summed E-state index contributed by atoms with van der Waals surface area (Å²) in [6.07, 6.45) is -6.24. The van der Waals surface area contributed by atoms with E-state index in [-0.39, 0.29) is 11.5 Å². The number of aliphatic hydroxyl groups excluding tert-OH is 2. The van der Waals surface area contributed by atoms with Gasteiger partial charge in [-0.1, -0.05) is 0 Å². The van der Waals surface area contributed by atoms with Gasteiger partial charge < -0.3 is 35.3 Å². The predicted octanol–water partition coefficient (Wildman–Crippen LogP) is -1.22. The van der Waals surface area contributed by atoms with Crippen LogP contribution in [0.2, 0.25) is 0 Å². The van der Waals surface area contributed by atoms with E-state index in [0.29, 0.717) is 5.52 Å². The van der Waals surface area contributed by atoms with Gasteiger partial charge in [-0.2, -0.15) is 10.4 Å². The molecule has 3 rings (SSSR count). The molecule has 2 aromatic rings. The summed E-state index contributed by atoms with van der Waals surface area (Å²) in [6, 6.07) is 4.78. The van der Waals surface area contributed by atoms with Crippen LogP contribution in [0.1, 0.15) is 12.6 Å². The quantitative estimate of drug-likeness (QED) is 0.431. The van der Waals surface area contributed by atoms with E-state index in [1.165, 1.54) is 16.6 Å². The van der Waals surface area contributed by atoms with Crippen LogP contribution >= 0.6 is 0 Å². The highest BCUT2D eigenvalue weighted by Crippen LogP contribution is 2.40. The monoisotopic (exact) mass is 407 g/mol. The minimum Gasteiger partial charge on any atom is -0.479 e. The number of carboxylic acid groups (broad SMARTS) is 1. The topological polar surface area (TPSA) is 203 Å². The first kappa shape index (κ1) is 20.3. The molecular weight excluding hydrogens is 390 g/mol. The number of ether oxygens (including phenoxy) is 3. The highest BCUT2D eigenvalue weighted by molar-refractivity contribution is 5.75. The molecule has 2 aromatic heterocycles. The highest BCUT2D eigenvalue weighted by atomic mass is 16.7. The Kier molecular flexibility index (Phi) is 5.25. The number of carbonyl (C=O) groups is 2. The maximum absolute atomic E-state index is 11.6. The van der Waals surface area contributed by atoms with Gasteiger partial charge in [0, 0.05) is 0 Å². The number of hydrogen-bond acceptors (Lipinski definition) is 11. The first-order valence-electron chi connectivity index (χ1n) is 8.31. The molecule has 0 saturated carbocycles. The van der Waals surface area contributed by atoms with Crippen molar-refractivity contribution in [2.75, 3.05) is 12.3 Å². The Bertz CT molecular complexity index is 987. The molecule has 1 aliphatic rings. The Morgan fingerprint density at radius 3 is 2.86 bits per heavy atom. The van der Waals surface area contributed by atoms with Gasteiger partial charge in [-0.05, 0) is 19.1 Å². The molecule has 0 aliphatic carbocycles. The van der Waals surface area contributed by atoms with Gasteiger partial charge in [-0.25, -0.2) is 19.1 Å². The van der Waals surface area contributed by atoms with Crippen molar-refractivity contribution in [2.24, 2.45) is 0 Å². The van der Waals surface area contributed by atoms with Gasteiger partial charge in [0.1, 0.15) is 42.8 Å². The zero-order valence-corrected chi connectivity index (χ0v) is 15.0. The fourth-order valence-corrected chi connectivity index (χ4v) is 2.93. The van der Waals surface area contributed by atoms with Gasteiger partial charge in [0.05, 0.1) is 5.69 Å². The molecule has 13 nitrogen and oxygen atoms in total. The highest BCUT2D eigenvalue weighted by Gasteiger charge is 2.57. The molecule has 13 heteroatoms. The smallest absolute Gasteiger partial charge is 0.479 e. The van der Waals surface area contributed by atoms with Crippen LogP contribution < -0.4 is 5.73 Å². The summed E-state index contributed by atoms with van der Waals surface area (Å²) >= 11 is 0. The number of aliphatic carboxylic acids is 1. The van der Waals surface area contributed by atoms with E-state index in [9.17, 15) is 25.1 Å². The average Bonchev–Trinajstić information content (AvgIpc) is 3.22. The molecular formula is C16H17N5O8. The Morgan fingerprint density at radius 2 is 2.21 bits per heavy atom. The van der Waals surface area contributed by atoms with Crippen LogP contribution in [-0.4, -0.2) is 73.1 Å². The lowest BCUT2D eigenvalue weighted by Crippen LogP contribution is -2.41. The number of nitrogen functional groups attached to an aromatic ring is 1. The predicted molar refractivity (Wildman–Crippen MR) is 91.1 cm³/mol. The minimum absolute atomic E-state index is 0.0835. The van der Waals surface area contributed by atoms with Gasteiger partial charge in [-0.15, -0.1) is 0 Å². The molecule has 3 heterocycles. The summed E-state index contributed by atoms with van der Waals surface area (Å²) < 4.78 is 16.1.